The van der Waals surface area contributed by atoms with E-state index in [2.05, 4.69) is 27.4 Å². The molecule has 1 atom stereocenters. The largest absolute Gasteiger partial charge is 0.379 e. The van der Waals surface area contributed by atoms with Crippen LogP contribution in [0.5, 0.6) is 0 Å². The summed E-state index contributed by atoms with van der Waals surface area (Å²) in [6.07, 6.45) is 0.396. The van der Waals surface area contributed by atoms with Gasteiger partial charge in [0.2, 0.25) is 0 Å². The van der Waals surface area contributed by atoms with E-state index in [0.29, 0.717) is 30.4 Å². The lowest BCUT2D eigenvalue weighted by molar-refractivity contribution is 0.0320. The van der Waals surface area contributed by atoms with Crippen LogP contribution in [0, 0.1) is 17.6 Å². The van der Waals surface area contributed by atoms with Crippen LogP contribution in [0.3, 0.4) is 0 Å². The predicted octanol–water partition coefficient (Wildman–Crippen LogP) is 1.64. The summed E-state index contributed by atoms with van der Waals surface area (Å²) in [5.74, 6) is 0.337. The molecular weight excluding hydrogens is 326 g/mol. The molecule has 1 fully saturated rings. The maximum absolute atomic E-state index is 13.6. The number of hydrogen-bond donors (Lipinski definition) is 2. The lowest BCUT2D eigenvalue weighted by atomic mass is 10.1. The summed E-state index contributed by atoms with van der Waals surface area (Å²) in [4.78, 5) is 6.57. The van der Waals surface area contributed by atoms with Gasteiger partial charge in [-0.25, -0.2) is 8.78 Å². The Bertz CT molecular complexity index is 562. The second kappa shape index (κ2) is 10.3. The molecule has 5 nitrogen and oxygen atoms in total. The van der Waals surface area contributed by atoms with Gasteiger partial charge in [0.05, 0.1) is 13.2 Å². The molecule has 1 aromatic carbocycles. The van der Waals surface area contributed by atoms with E-state index in [1.807, 2.05) is 0 Å². The number of rotatable bonds is 7. The van der Waals surface area contributed by atoms with Crippen molar-refractivity contribution >= 4 is 5.96 Å². The van der Waals surface area contributed by atoms with Gasteiger partial charge in [-0.1, -0.05) is 6.92 Å². The monoisotopic (exact) mass is 354 g/mol. The van der Waals surface area contributed by atoms with Gasteiger partial charge in [-0.15, -0.1) is 0 Å². The van der Waals surface area contributed by atoms with Crippen molar-refractivity contribution in [3.05, 3.63) is 35.4 Å². The highest BCUT2D eigenvalue weighted by Gasteiger charge is 2.14. The van der Waals surface area contributed by atoms with Crippen LogP contribution in [0.1, 0.15) is 12.5 Å². The molecule has 0 bridgehead atoms. The second-order valence-electron chi connectivity index (χ2n) is 6.38. The van der Waals surface area contributed by atoms with E-state index in [0.717, 1.165) is 51.5 Å². The van der Waals surface area contributed by atoms with Crippen LogP contribution >= 0.6 is 0 Å². The summed E-state index contributed by atoms with van der Waals surface area (Å²) in [7, 11) is 1.70. The lowest BCUT2D eigenvalue weighted by Gasteiger charge is -2.29. The summed E-state index contributed by atoms with van der Waals surface area (Å²) >= 11 is 0. The summed E-state index contributed by atoms with van der Waals surface area (Å²) in [6, 6.07) is 3.52. The standard InChI is InChI=1S/C18H28F2N4O/c1-14(13-24-7-9-25-10-8-24)12-23-18(21-2)22-6-5-15-11-16(19)3-4-17(15)20/h3-4,11,14H,5-10,12-13H2,1-2H3,(H2,21,22,23). The van der Waals surface area contributed by atoms with Gasteiger partial charge in [0.1, 0.15) is 11.6 Å². The van der Waals surface area contributed by atoms with E-state index < -0.39 is 5.82 Å². The third kappa shape index (κ3) is 6.96. The van der Waals surface area contributed by atoms with Crippen molar-refractivity contribution < 1.29 is 13.5 Å². The Morgan fingerprint density at radius 1 is 1.28 bits per heavy atom. The first kappa shape index (κ1) is 19.6. The highest BCUT2D eigenvalue weighted by molar-refractivity contribution is 5.79. The number of benzene rings is 1. The number of nitrogens with one attached hydrogen (secondary N) is 2. The van der Waals surface area contributed by atoms with Crippen molar-refractivity contribution in [1.82, 2.24) is 15.5 Å². The molecule has 1 aliphatic heterocycles. The van der Waals surface area contributed by atoms with Crippen molar-refractivity contribution in [2.75, 3.05) is 53.0 Å². The van der Waals surface area contributed by atoms with Crippen molar-refractivity contribution in [2.24, 2.45) is 10.9 Å². The molecule has 1 aromatic rings. The van der Waals surface area contributed by atoms with Crippen LogP contribution in [-0.2, 0) is 11.2 Å². The molecule has 0 radical (unpaired) electrons. The van der Waals surface area contributed by atoms with E-state index in [1.165, 1.54) is 6.07 Å². The SMILES string of the molecule is CN=C(NCCc1cc(F)ccc1F)NCC(C)CN1CCOCC1. The number of aliphatic imine (C=N–C) groups is 1. The van der Waals surface area contributed by atoms with E-state index in [4.69, 9.17) is 4.74 Å². The third-order valence-corrected chi connectivity index (χ3v) is 4.21. The average molecular weight is 354 g/mol. The minimum absolute atomic E-state index is 0.364. The van der Waals surface area contributed by atoms with Crippen LogP contribution in [0.25, 0.3) is 0 Å². The van der Waals surface area contributed by atoms with Crippen molar-refractivity contribution in [3.63, 3.8) is 0 Å². The molecule has 1 heterocycles. The van der Waals surface area contributed by atoms with Crippen molar-refractivity contribution in [3.8, 4) is 0 Å². The van der Waals surface area contributed by atoms with Crippen molar-refractivity contribution in [1.29, 1.82) is 0 Å². The van der Waals surface area contributed by atoms with Gasteiger partial charge < -0.3 is 15.4 Å². The molecule has 7 heteroatoms. The van der Waals surface area contributed by atoms with Crippen LogP contribution in [-0.4, -0.2) is 63.8 Å². The zero-order valence-corrected chi connectivity index (χ0v) is 15.0. The molecule has 0 saturated carbocycles. The van der Waals surface area contributed by atoms with Gasteiger partial charge in [-0.2, -0.15) is 0 Å². The Labute approximate surface area is 148 Å². The average Bonchev–Trinajstić information content (AvgIpc) is 2.61. The molecule has 1 aliphatic rings. The molecule has 0 amide bonds. The first-order valence-electron chi connectivity index (χ1n) is 8.77. The van der Waals surface area contributed by atoms with Crippen LogP contribution in [0.15, 0.2) is 23.2 Å². The Morgan fingerprint density at radius 3 is 2.76 bits per heavy atom. The van der Waals surface area contributed by atoms with Crippen LogP contribution in [0.4, 0.5) is 8.78 Å². The van der Waals surface area contributed by atoms with Gasteiger partial charge >= 0.3 is 0 Å². The zero-order valence-electron chi connectivity index (χ0n) is 15.0. The minimum Gasteiger partial charge on any atom is -0.379 e. The van der Waals surface area contributed by atoms with E-state index in [9.17, 15) is 8.78 Å². The lowest BCUT2D eigenvalue weighted by Crippen LogP contribution is -2.44. The van der Waals surface area contributed by atoms with Gasteiger partial charge in [-0.05, 0) is 36.1 Å². The maximum Gasteiger partial charge on any atom is 0.190 e. The fourth-order valence-electron chi connectivity index (χ4n) is 2.83. The van der Waals surface area contributed by atoms with Gasteiger partial charge in [-0.3, -0.25) is 9.89 Å². The number of guanidine groups is 1. The quantitative estimate of drug-likeness (QED) is 0.577. The molecular formula is C18H28F2N4O. The fraction of sp³-hybridized carbons (Fsp3) is 0.611. The number of hydrogen-bond acceptors (Lipinski definition) is 3. The molecule has 0 spiro atoms. The predicted molar refractivity (Wildman–Crippen MR) is 95.8 cm³/mol. The summed E-state index contributed by atoms with van der Waals surface area (Å²) in [5.41, 5.74) is 0.364. The fourth-order valence-corrected chi connectivity index (χ4v) is 2.83. The molecule has 2 rings (SSSR count). The highest BCUT2D eigenvalue weighted by Crippen LogP contribution is 2.09. The molecule has 25 heavy (non-hydrogen) atoms. The molecule has 140 valence electrons. The molecule has 0 aliphatic carbocycles. The Balaban J connectivity index is 1.68. The summed E-state index contributed by atoms with van der Waals surface area (Å²) in [6.45, 7) is 8.07. The topological polar surface area (TPSA) is 48.9 Å². The second-order valence-corrected chi connectivity index (χ2v) is 6.38. The van der Waals surface area contributed by atoms with Gasteiger partial charge in [0, 0.05) is 39.8 Å². The summed E-state index contributed by atoms with van der Waals surface area (Å²) < 4.78 is 32.1. The first-order chi connectivity index (χ1) is 12.1. The number of morpholine rings is 1. The van der Waals surface area contributed by atoms with E-state index in [-0.39, 0.29) is 5.82 Å². The number of nitrogens with zero attached hydrogens (tertiary/aromatic N) is 2. The normalized spacial score (nSPS) is 17.4. The van der Waals surface area contributed by atoms with Gasteiger partial charge in [0.15, 0.2) is 5.96 Å². The minimum atomic E-state index is -0.421. The number of ether oxygens (including phenoxy) is 1. The smallest absolute Gasteiger partial charge is 0.190 e. The summed E-state index contributed by atoms with van der Waals surface area (Å²) in [5, 5.41) is 6.42. The van der Waals surface area contributed by atoms with E-state index in [1.54, 1.807) is 7.05 Å². The third-order valence-electron chi connectivity index (χ3n) is 4.21. The van der Waals surface area contributed by atoms with Crippen molar-refractivity contribution in [2.45, 2.75) is 13.3 Å². The Kier molecular flexibility index (Phi) is 8.08. The molecule has 1 saturated heterocycles. The molecule has 2 N–H and O–H groups in total. The number of halogens is 2. The Morgan fingerprint density at radius 2 is 2.04 bits per heavy atom. The zero-order chi connectivity index (χ0) is 18.1. The molecule has 1 unspecified atom stereocenters. The van der Waals surface area contributed by atoms with E-state index >= 15 is 0 Å². The maximum atomic E-state index is 13.6. The van der Waals surface area contributed by atoms with Crippen LogP contribution in [0.2, 0.25) is 0 Å². The first-order valence-corrected chi connectivity index (χ1v) is 8.77. The van der Waals surface area contributed by atoms with Crippen LogP contribution < -0.4 is 10.6 Å². The molecule has 0 aromatic heterocycles. The van der Waals surface area contributed by atoms with Gasteiger partial charge in [0.25, 0.3) is 0 Å². The Hall–Kier alpha value is -1.73. The highest BCUT2D eigenvalue weighted by atomic mass is 19.1.